The van der Waals surface area contributed by atoms with Crippen LogP contribution >= 0.6 is 35.0 Å². The molecule has 2 aromatic rings. The lowest BCUT2D eigenvalue weighted by atomic mass is 10.1. The van der Waals surface area contributed by atoms with E-state index in [0.717, 1.165) is 10.5 Å². The Hall–Kier alpha value is -1.16. The van der Waals surface area contributed by atoms with Gasteiger partial charge in [0.25, 0.3) is 0 Å². The minimum atomic E-state index is -0.923. The van der Waals surface area contributed by atoms with Crippen molar-refractivity contribution in [1.29, 1.82) is 0 Å². The van der Waals surface area contributed by atoms with E-state index in [0.29, 0.717) is 15.8 Å². The molecule has 0 fully saturated rings. The Balaban J connectivity index is 2.12. The highest BCUT2D eigenvalue weighted by molar-refractivity contribution is 7.98. The molecule has 0 atom stereocenters. The molecule has 0 unspecified atom stereocenters. The average molecular weight is 313 g/mol. The van der Waals surface area contributed by atoms with Crippen molar-refractivity contribution < 1.29 is 9.90 Å². The lowest BCUT2D eigenvalue weighted by Crippen LogP contribution is -1.96. The minimum Gasteiger partial charge on any atom is -0.478 e. The van der Waals surface area contributed by atoms with Crippen LogP contribution in [-0.4, -0.2) is 11.1 Å². The van der Waals surface area contributed by atoms with E-state index in [1.165, 1.54) is 11.8 Å². The molecule has 0 heterocycles. The van der Waals surface area contributed by atoms with Gasteiger partial charge in [0.1, 0.15) is 0 Å². The van der Waals surface area contributed by atoms with Crippen molar-refractivity contribution in [2.45, 2.75) is 10.6 Å². The number of thioether (sulfide) groups is 1. The molecular weight excluding hydrogens is 303 g/mol. The molecule has 5 heteroatoms. The Labute approximate surface area is 125 Å². The highest BCUT2D eigenvalue weighted by Gasteiger charge is 2.07. The Morgan fingerprint density at radius 1 is 1.16 bits per heavy atom. The summed E-state index contributed by atoms with van der Waals surface area (Å²) in [6, 6.07) is 12.3. The smallest absolute Gasteiger partial charge is 0.335 e. The lowest BCUT2D eigenvalue weighted by molar-refractivity contribution is 0.0697. The second kappa shape index (κ2) is 6.33. The molecule has 0 bridgehead atoms. The molecule has 0 radical (unpaired) electrons. The molecule has 2 nitrogen and oxygen atoms in total. The number of carbonyl (C=O) groups is 1. The van der Waals surface area contributed by atoms with Crippen LogP contribution in [0.25, 0.3) is 0 Å². The first-order chi connectivity index (χ1) is 9.08. The van der Waals surface area contributed by atoms with Crippen LogP contribution in [0.2, 0.25) is 10.0 Å². The van der Waals surface area contributed by atoms with E-state index in [1.807, 2.05) is 18.2 Å². The largest absolute Gasteiger partial charge is 0.478 e. The third-order valence-corrected chi connectivity index (χ3v) is 4.54. The van der Waals surface area contributed by atoms with Gasteiger partial charge >= 0.3 is 5.97 Å². The number of halogens is 2. The fraction of sp³-hybridized carbons (Fsp3) is 0.0714. The van der Waals surface area contributed by atoms with Gasteiger partial charge in [0, 0.05) is 10.6 Å². The number of carboxylic acid groups (broad SMARTS) is 1. The highest BCUT2D eigenvalue weighted by Crippen LogP contribution is 2.34. The third kappa shape index (κ3) is 3.66. The van der Waals surface area contributed by atoms with Crippen LogP contribution in [0.15, 0.2) is 47.4 Å². The van der Waals surface area contributed by atoms with Crippen molar-refractivity contribution in [3.05, 3.63) is 63.6 Å². The molecule has 0 aromatic heterocycles. The molecular formula is C14H10Cl2O2S. The minimum absolute atomic E-state index is 0.287. The Morgan fingerprint density at radius 3 is 2.63 bits per heavy atom. The van der Waals surface area contributed by atoms with Crippen molar-refractivity contribution in [3.8, 4) is 0 Å². The van der Waals surface area contributed by atoms with Crippen LogP contribution in [0, 0.1) is 0 Å². The number of hydrogen-bond acceptors (Lipinski definition) is 2. The Bertz CT molecular complexity index is 614. The maximum atomic E-state index is 10.9. The number of benzene rings is 2. The van der Waals surface area contributed by atoms with Gasteiger partial charge in [-0.15, -0.1) is 11.8 Å². The quantitative estimate of drug-likeness (QED) is 0.809. The van der Waals surface area contributed by atoms with Crippen molar-refractivity contribution in [1.82, 2.24) is 0 Å². The van der Waals surface area contributed by atoms with Gasteiger partial charge in [0.15, 0.2) is 0 Å². The SMILES string of the molecule is O=C(O)c1cccc(CSc2cccc(Cl)c2Cl)c1. The standard InChI is InChI=1S/C14H10Cl2O2S/c15-11-5-2-6-12(13(11)16)19-8-9-3-1-4-10(7-9)14(17)18/h1-7H,8H2,(H,17,18). The summed E-state index contributed by atoms with van der Waals surface area (Å²) < 4.78 is 0. The fourth-order valence-electron chi connectivity index (χ4n) is 1.55. The van der Waals surface area contributed by atoms with Gasteiger partial charge in [-0.2, -0.15) is 0 Å². The van der Waals surface area contributed by atoms with Gasteiger partial charge in [-0.3, -0.25) is 0 Å². The van der Waals surface area contributed by atoms with Crippen molar-refractivity contribution in [3.63, 3.8) is 0 Å². The highest BCUT2D eigenvalue weighted by atomic mass is 35.5. The van der Waals surface area contributed by atoms with Crippen molar-refractivity contribution in [2.24, 2.45) is 0 Å². The molecule has 0 saturated carbocycles. The van der Waals surface area contributed by atoms with Crippen LogP contribution in [-0.2, 0) is 5.75 Å². The molecule has 1 N–H and O–H groups in total. The zero-order valence-corrected chi connectivity index (χ0v) is 12.1. The zero-order valence-electron chi connectivity index (χ0n) is 9.77. The molecule has 0 spiro atoms. The average Bonchev–Trinajstić information content (AvgIpc) is 2.41. The van der Waals surface area contributed by atoms with Gasteiger partial charge in [-0.05, 0) is 29.8 Å². The molecule has 0 aliphatic heterocycles. The predicted molar refractivity (Wildman–Crippen MR) is 79.4 cm³/mol. The van der Waals surface area contributed by atoms with Crippen LogP contribution in [0.5, 0.6) is 0 Å². The van der Waals surface area contributed by atoms with Crippen molar-refractivity contribution in [2.75, 3.05) is 0 Å². The van der Waals surface area contributed by atoms with Gasteiger partial charge in [0.05, 0.1) is 15.6 Å². The maximum absolute atomic E-state index is 10.9. The van der Waals surface area contributed by atoms with E-state index in [-0.39, 0.29) is 5.56 Å². The first kappa shape index (κ1) is 14.3. The van der Waals surface area contributed by atoms with E-state index in [1.54, 1.807) is 24.3 Å². The van der Waals surface area contributed by atoms with E-state index >= 15 is 0 Å². The van der Waals surface area contributed by atoms with Gasteiger partial charge in [0.2, 0.25) is 0 Å². The number of rotatable bonds is 4. The molecule has 2 rings (SSSR count). The third-order valence-electron chi connectivity index (χ3n) is 2.48. The first-order valence-corrected chi connectivity index (χ1v) is 7.21. The number of hydrogen-bond donors (Lipinski definition) is 1. The predicted octanol–water partition coefficient (Wildman–Crippen LogP) is 4.98. The zero-order chi connectivity index (χ0) is 13.8. The van der Waals surface area contributed by atoms with Crippen LogP contribution < -0.4 is 0 Å². The first-order valence-electron chi connectivity index (χ1n) is 5.47. The molecule has 0 aliphatic carbocycles. The summed E-state index contributed by atoms with van der Waals surface area (Å²) in [6.45, 7) is 0. The molecule has 2 aromatic carbocycles. The molecule has 0 saturated heterocycles. The monoisotopic (exact) mass is 312 g/mol. The molecule has 19 heavy (non-hydrogen) atoms. The fourth-order valence-corrected chi connectivity index (χ4v) is 2.98. The molecule has 0 aliphatic rings. The second-order valence-electron chi connectivity index (χ2n) is 3.85. The van der Waals surface area contributed by atoms with E-state index in [2.05, 4.69) is 0 Å². The Morgan fingerprint density at radius 2 is 1.89 bits per heavy atom. The van der Waals surface area contributed by atoms with Gasteiger partial charge in [-0.1, -0.05) is 41.4 Å². The van der Waals surface area contributed by atoms with E-state index in [9.17, 15) is 4.79 Å². The lowest BCUT2D eigenvalue weighted by Gasteiger charge is -2.06. The second-order valence-corrected chi connectivity index (χ2v) is 5.65. The Kier molecular flexibility index (Phi) is 4.75. The summed E-state index contributed by atoms with van der Waals surface area (Å²) >= 11 is 13.6. The normalized spacial score (nSPS) is 10.4. The van der Waals surface area contributed by atoms with Crippen LogP contribution in [0.3, 0.4) is 0 Å². The van der Waals surface area contributed by atoms with Gasteiger partial charge in [-0.25, -0.2) is 4.79 Å². The summed E-state index contributed by atoms with van der Waals surface area (Å²) in [7, 11) is 0. The van der Waals surface area contributed by atoms with Crippen molar-refractivity contribution >= 4 is 40.9 Å². The van der Waals surface area contributed by atoms with E-state index in [4.69, 9.17) is 28.3 Å². The number of carboxylic acids is 1. The molecule has 98 valence electrons. The summed E-state index contributed by atoms with van der Waals surface area (Å²) in [6.07, 6.45) is 0. The van der Waals surface area contributed by atoms with Gasteiger partial charge < -0.3 is 5.11 Å². The number of aromatic carboxylic acids is 1. The maximum Gasteiger partial charge on any atom is 0.335 e. The summed E-state index contributed by atoms with van der Waals surface area (Å²) in [5.41, 5.74) is 1.22. The van der Waals surface area contributed by atoms with Crippen LogP contribution in [0.4, 0.5) is 0 Å². The summed E-state index contributed by atoms with van der Waals surface area (Å²) in [4.78, 5) is 11.8. The molecule has 0 amide bonds. The van der Waals surface area contributed by atoms with E-state index < -0.39 is 5.97 Å². The summed E-state index contributed by atoms with van der Waals surface area (Å²) in [5.74, 6) is -0.283. The van der Waals surface area contributed by atoms with Crippen LogP contribution in [0.1, 0.15) is 15.9 Å². The topological polar surface area (TPSA) is 37.3 Å². The summed E-state index contributed by atoms with van der Waals surface area (Å²) in [5, 5.41) is 9.98.